The Hall–Kier alpha value is -0.790. The van der Waals surface area contributed by atoms with Crippen molar-refractivity contribution in [3.05, 3.63) is 28.2 Å². The van der Waals surface area contributed by atoms with E-state index in [1.165, 1.54) is 6.07 Å². The second kappa shape index (κ2) is 7.66. The number of alkyl halides is 3. The van der Waals surface area contributed by atoms with Gasteiger partial charge in [0.05, 0.1) is 4.47 Å². The minimum absolute atomic E-state index is 0.211. The second-order valence-corrected chi connectivity index (χ2v) is 6.42. The van der Waals surface area contributed by atoms with E-state index < -0.39 is 6.36 Å². The highest BCUT2D eigenvalue weighted by Gasteiger charge is 2.32. The van der Waals surface area contributed by atoms with Gasteiger partial charge in [-0.05, 0) is 73.0 Å². The van der Waals surface area contributed by atoms with Crippen LogP contribution in [0.25, 0.3) is 0 Å². The summed E-state index contributed by atoms with van der Waals surface area (Å²) in [6, 6.07) is 5.22. The van der Waals surface area contributed by atoms with Gasteiger partial charge in [0.25, 0.3) is 0 Å². The first-order valence-corrected chi connectivity index (χ1v) is 8.09. The first-order valence-electron chi connectivity index (χ1n) is 7.30. The molecular weight excluding hydrogens is 361 g/mol. The quantitative estimate of drug-likeness (QED) is 0.856. The van der Waals surface area contributed by atoms with E-state index in [1.54, 1.807) is 12.1 Å². The molecule has 2 rings (SSSR count). The summed E-state index contributed by atoms with van der Waals surface area (Å²) in [6.07, 6.45) is -1.29. The highest BCUT2D eigenvalue weighted by molar-refractivity contribution is 9.10. The minimum Gasteiger partial charge on any atom is -0.405 e. The van der Waals surface area contributed by atoms with Gasteiger partial charge in [-0.2, -0.15) is 0 Å². The van der Waals surface area contributed by atoms with Crippen molar-refractivity contribution in [1.82, 2.24) is 10.2 Å². The molecule has 1 N–H and O–H groups in total. The van der Waals surface area contributed by atoms with Gasteiger partial charge in [0, 0.05) is 12.6 Å². The Bertz CT molecular complexity index is 488. The SMILES string of the molecule is CN(Cc1ccc(OC(F)(F)F)c(Br)c1)C1CCCNCC1. The van der Waals surface area contributed by atoms with E-state index in [0.717, 1.165) is 37.9 Å². The molecule has 1 aliphatic heterocycles. The summed E-state index contributed by atoms with van der Waals surface area (Å²) in [4.78, 5) is 2.26. The molecule has 1 saturated heterocycles. The molecule has 7 heteroatoms. The summed E-state index contributed by atoms with van der Waals surface area (Å²) in [5.74, 6) is -0.211. The van der Waals surface area contributed by atoms with Crippen LogP contribution in [0, 0.1) is 0 Å². The topological polar surface area (TPSA) is 24.5 Å². The van der Waals surface area contributed by atoms with Gasteiger partial charge in [0.1, 0.15) is 5.75 Å². The maximum atomic E-state index is 12.3. The van der Waals surface area contributed by atoms with Gasteiger partial charge in [-0.1, -0.05) is 6.07 Å². The summed E-state index contributed by atoms with van der Waals surface area (Å²) in [5.41, 5.74) is 0.959. The molecule has 1 aliphatic rings. The smallest absolute Gasteiger partial charge is 0.405 e. The lowest BCUT2D eigenvalue weighted by Gasteiger charge is -2.27. The molecule has 3 nitrogen and oxygen atoms in total. The average Bonchev–Trinajstić information content (AvgIpc) is 2.69. The zero-order chi connectivity index (χ0) is 16.2. The summed E-state index contributed by atoms with van der Waals surface area (Å²) in [7, 11) is 2.06. The third-order valence-corrected chi connectivity index (χ3v) is 4.44. The van der Waals surface area contributed by atoms with Crippen LogP contribution in [0.5, 0.6) is 5.75 Å². The van der Waals surface area contributed by atoms with E-state index in [4.69, 9.17) is 0 Å². The number of hydrogen-bond acceptors (Lipinski definition) is 3. The lowest BCUT2D eigenvalue weighted by Crippen LogP contribution is -2.32. The van der Waals surface area contributed by atoms with Gasteiger partial charge >= 0.3 is 6.36 Å². The first kappa shape index (κ1) is 17.6. The van der Waals surface area contributed by atoms with Gasteiger partial charge in [0.2, 0.25) is 0 Å². The number of benzene rings is 1. The van der Waals surface area contributed by atoms with Gasteiger partial charge in [-0.25, -0.2) is 0 Å². The molecule has 1 heterocycles. The van der Waals surface area contributed by atoms with Gasteiger partial charge in [-0.3, -0.25) is 4.90 Å². The van der Waals surface area contributed by atoms with Crippen LogP contribution in [0.15, 0.2) is 22.7 Å². The number of hydrogen-bond donors (Lipinski definition) is 1. The van der Waals surface area contributed by atoms with Crippen molar-refractivity contribution in [1.29, 1.82) is 0 Å². The van der Waals surface area contributed by atoms with Crippen molar-refractivity contribution in [2.75, 3.05) is 20.1 Å². The molecule has 22 heavy (non-hydrogen) atoms. The van der Waals surface area contributed by atoms with Crippen molar-refractivity contribution in [3.63, 3.8) is 0 Å². The van der Waals surface area contributed by atoms with Crippen LogP contribution in [-0.2, 0) is 6.54 Å². The number of nitrogens with zero attached hydrogens (tertiary/aromatic N) is 1. The fourth-order valence-electron chi connectivity index (χ4n) is 2.71. The average molecular weight is 381 g/mol. The van der Waals surface area contributed by atoms with Crippen molar-refractivity contribution in [2.24, 2.45) is 0 Å². The lowest BCUT2D eigenvalue weighted by atomic mass is 10.1. The van der Waals surface area contributed by atoms with Crippen molar-refractivity contribution in [3.8, 4) is 5.75 Å². The Kier molecular flexibility index (Phi) is 6.11. The van der Waals surface area contributed by atoms with Crippen molar-refractivity contribution >= 4 is 15.9 Å². The van der Waals surface area contributed by atoms with E-state index in [1.807, 2.05) is 0 Å². The predicted octanol–water partition coefficient (Wildman–Crippen LogP) is 3.92. The van der Waals surface area contributed by atoms with Crippen LogP contribution < -0.4 is 10.1 Å². The van der Waals surface area contributed by atoms with E-state index in [2.05, 4.69) is 37.9 Å². The van der Waals surface area contributed by atoms with Crippen molar-refractivity contribution in [2.45, 2.75) is 38.2 Å². The fourth-order valence-corrected chi connectivity index (χ4v) is 3.22. The largest absolute Gasteiger partial charge is 0.573 e. The molecule has 0 amide bonds. The zero-order valence-corrected chi connectivity index (χ0v) is 14.0. The summed E-state index contributed by atoms with van der Waals surface area (Å²) in [6.45, 7) is 2.77. The summed E-state index contributed by atoms with van der Waals surface area (Å²) < 4.78 is 41.0. The summed E-state index contributed by atoms with van der Waals surface area (Å²) in [5, 5.41) is 3.38. The van der Waals surface area contributed by atoms with Gasteiger partial charge in [-0.15, -0.1) is 13.2 Å². The van der Waals surface area contributed by atoms with Crippen molar-refractivity contribution < 1.29 is 17.9 Å². The molecule has 1 aromatic carbocycles. The molecule has 0 saturated carbocycles. The zero-order valence-electron chi connectivity index (χ0n) is 12.4. The highest BCUT2D eigenvalue weighted by Crippen LogP contribution is 2.31. The standard InChI is InChI=1S/C15H20BrF3N2O/c1-21(12-3-2-7-20-8-6-12)10-11-4-5-14(13(16)9-11)22-15(17,18)19/h4-5,9,12,20H,2-3,6-8,10H2,1H3. The molecule has 0 radical (unpaired) electrons. The molecule has 0 spiro atoms. The van der Waals surface area contributed by atoms with Gasteiger partial charge in [0.15, 0.2) is 0 Å². The number of ether oxygens (including phenoxy) is 1. The third-order valence-electron chi connectivity index (χ3n) is 3.82. The molecule has 124 valence electrons. The molecule has 1 fully saturated rings. The molecule has 1 atom stereocenters. The molecule has 0 bridgehead atoms. The van der Waals surface area contributed by atoms with Crippen LogP contribution in [0.1, 0.15) is 24.8 Å². The molecule has 0 aliphatic carbocycles. The normalized spacial score (nSPS) is 20.0. The lowest BCUT2D eigenvalue weighted by molar-refractivity contribution is -0.274. The Labute approximate surface area is 136 Å². The van der Waals surface area contributed by atoms with Crippen LogP contribution in [0.4, 0.5) is 13.2 Å². The Morgan fingerprint density at radius 3 is 2.77 bits per heavy atom. The number of nitrogens with one attached hydrogen (secondary N) is 1. The molecule has 1 unspecified atom stereocenters. The third kappa shape index (κ3) is 5.44. The predicted molar refractivity (Wildman–Crippen MR) is 82.8 cm³/mol. The second-order valence-electron chi connectivity index (χ2n) is 5.56. The number of halogens is 4. The minimum atomic E-state index is -4.67. The van der Waals surface area contributed by atoms with E-state index in [9.17, 15) is 13.2 Å². The van der Waals surface area contributed by atoms with Crippen LogP contribution in [-0.4, -0.2) is 37.4 Å². The maximum absolute atomic E-state index is 12.3. The van der Waals surface area contributed by atoms with E-state index in [0.29, 0.717) is 17.1 Å². The molecular formula is C15H20BrF3N2O. The van der Waals surface area contributed by atoms with Gasteiger partial charge < -0.3 is 10.1 Å². The Morgan fingerprint density at radius 2 is 2.09 bits per heavy atom. The van der Waals surface area contributed by atoms with Crippen LogP contribution in [0.3, 0.4) is 0 Å². The van der Waals surface area contributed by atoms with Crippen LogP contribution in [0.2, 0.25) is 0 Å². The van der Waals surface area contributed by atoms with E-state index >= 15 is 0 Å². The first-order chi connectivity index (χ1) is 10.3. The number of rotatable bonds is 4. The van der Waals surface area contributed by atoms with E-state index in [-0.39, 0.29) is 5.75 Å². The summed E-state index contributed by atoms with van der Waals surface area (Å²) >= 11 is 3.14. The fraction of sp³-hybridized carbons (Fsp3) is 0.600. The van der Waals surface area contributed by atoms with Crippen LogP contribution >= 0.6 is 15.9 Å². The molecule has 0 aromatic heterocycles. The maximum Gasteiger partial charge on any atom is 0.573 e. The monoisotopic (exact) mass is 380 g/mol. The molecule has 1 aromatic rings. The Balaban J connectivity index is 1.99. The Morgan fingerprint density at radius 1 is 1.32 bits per heavy atom. The highest BCUT2D eigenvalue weighted by atomic mass is 79.9.